The summed E-state index contributed by atoms with van der Waals surface area (Å²) in [4.78, 5) is 19.7. The van der Waals surface area contributed by atoms with Gasteiger partial charge in [0.1, 0.15) is 11.7 Å². The first-order chi connectivity index (χ1) is 16.8. The third-order valence-corrected chi connectivity index (χ3v) is 5.05. The molecule has 2 N–H and O–H groups in total. The van der Waals surface area contributed by atoms with E-state index < -0.39 is 52.3 Å². The van der Waals surface area contributed by atoms with Gasteiger partial charge in [0.05, 0.1) is 11.1 Å². The molecule has 1 amide bonds. The number of alkyl halides is 6. The quantitative estimate of drug-likeness (QED) is 0.250. The minimum absolute atomic E-state index is 0.103. The minimum Gasteiger partial charge on any atom is -0.267 e. The Balaban J connectivity index is 1.97. The molecule has 1 aromatic heterocycles. The molecule has 5 nitrogen and oxygen atoms in total. The SMILES string of the molecule is O=C(NNc1ncccn1)c1ccc(C(F)=CC(c2cc(Cl)cc(Cl)c2)C(F)(F)F)cc1C(F)(F)F. The second-order valence-corrected chi connectivity index (χ2v) is 8.02. The average molecular weight is 553 g/mol. The van der Waals surface area contributed by atoms with E-state index in [2.05, 4.69) is 15.4 Å². The van der Waals surface area contributed by atoms with Gasteiger partial charge in [0.15, 0.2) is 0 Å². The van der Waals surface area contributed by atoms with Gasteiger partial charge in [-0.25, -0.2) is 14.4 Å². The lowest BCUT2D eigenvalue weighted by molar-refractivity contribution is -0.140. The van der Waals surface area contributed by atoms with E-state index in [-0.39, 0.29) is 28.1 Å². The zero-order valence-corrected chi connectivity index (χ0v) is 19.1. The number of amides is 1. The van der Waals surface area contributed by atoms with E-state index in [0.717, 1.165) is 24.3 Å². The van der Waals surface area contributed by atoms with Crippen molar-refractivity contribution in [3.63, 3.8) is 0 Å². The van der Waals surface area contributed by atoms with Gasteiger partial charge in [0.2, 0.25) is 5.95 Å². The molecule has 0 aliphatic carbocycles. The van der Waals surface area contributed by atoms with E-state index in [0.29, 0.717) is 6.07 Å². The number of nitrogens with one attached hydrogen (secondary N) is 2. The monoisotopic (exact) mass is 552 g/mol. The topological polar surface area (TPSA) is 66.9 Å². The molecule has 3 rings (SSSR count). The van der Waals surface area contributed by atoms with Crippen LogP contribution in [0.4, 0.5) is 36.7 Å². The van der Waals surface area contributed by atoms with Gasteiger partial charge in [-0.2, -0.15) is 26.3 Å². The Kier molecular flexibility index (Phi) is 8.09. The van der Waals surface area contributed by atoms with Crippen molar-refractivity contribution in [2.75, 3.05) is 5.43 Å². The molecular formula is C22H13Cl2F7N4O. The third-order valence-electron chi connectivity index (χ3n) is 4.61. The maximum Gasteiger partial charge on any atom is 0.417 e. The number of carbonyl (C=O) groups is 1. The van der Waals surface area contributed by atoms with Crippen LogP contribution in [0.1, 0.15) is 33.0 Å². The van der Waals surface area contributed by atoms with Crippen molar-refractivity contribution in [3.8, 4) is 0 Å². The molecule has 0 saturated carbocycles. The van der Waals surface area contributed by atoms with Gasteiger partial charge in [-0.1, -0.05) is 29.3 Å². The summed E-state index contributed by atoms with van der Waals surface area (Å²) in [6.45, 7) is 0. The van der Waals surface area contributed by atoms with E-state index in [1.165, 1.54) is 18.5 Å². The maximum atomic E-state index is 14.9. The van der Waals surface area contributed by atoms with E-state index in [1.54, 1.807) is 0 Å². The number of hydrogen-bond acceptors (Lipinski definition) is 4. The standard InChI is InChI=1S/C22H13Cl2F7N4O/c23-13-6-12(7-14(24)9-13)16(21(26,27)28)10-18(25)11-2-3-15(17(8-11)22(29,30)31)19(36)34-35-20-32-4-1-5-33-20/h1-10,16H,(H,34,36)(H,32,33,35). The molecule has 2 aromatic carbocycles. The normalized spacial score (nSPS) is 13.3. The van der Waals surface area contributed by atoms with Crippen LogP contribution in [-0.4, -0.2) is 22.1 Å². The van der Waals surface area contributed by atoms with E-state index >= 15 is 0 Å². The van der Waals surface area contributed by atoms with Crippen LogP contribution in [-0.2, 0) is 6.18 Å². The third kappa shape index (κ3) is 6.85. The van der Waals surface area contributed by atoms with Crippen molar-refractivity contribution in [2.24, 2.45) is 0 Å². The summed E-state index contributed by atoms with van der Waals surface area (Å²) in [6.07, 6.45) is -7.46. The van der Waals surface area contributed by atoms with Crippen LogP contribution in [0.3, 0.4) is 0 Å². The van der Waals surface area contributed by atoms with Gasteiger partial charge in [0, 0.05) is 28.0 Å². The number of anilines is 1. The molecule has 36 heavy (non-hydrogen) atoms. The zero-order valence-electron chi connectivity index (χ0n) is 17.6. The first-order valence-electron chi connectivity index (χ1n) is 9.70. The molecule has 0 aliphatic heterocycles. The molecule has 0 saturated heterocycles. The maximum absolute atomic E-state index is 14.9. The van der Waals surface area contributed by atoms with Crippen molar-refractivity contribution < 1.29 is 35.5 Å². The lowest BCUT2D eigenvalue weighted by Crippen LogP contribution is -2.32. The molecule has 0 bridgehead atoms. The number of aromatic nitrogens is 2. The van der Waals surface area contributed by atoms with Crippen LogP contribution >= 0.6 is 23.2 Å². The van der Waals surface area contributed by atoms with Gasteiger partial charge < -0.3 is 0 Å². The highest BCUT2D eigenvalue weighted by Crippen LogP contribution is 2.41. The van der Waals surface area contributed by atoms with Crippen LogP contribution in [0.5, 0.6) is 0 Å². The van der Waals surface area contributed by atoms with Crippen LogP contribution in [0.2, 0.25) is 10.0 Å². The lowest BCUT2D eigenvalue weighted by Gasteiger charge is -2.19. The highest BCUT2D eigenvalue weighted by molar-refractivity contribution is 6.34. The number of hydrogen-bond donors (Lipinski definition) is 2. The largest absolute Gasteiger partial charge is 0.417 e. The summed E-state index contributed by atoms with van der Waals surface area (Å²) < 4.78 is 96.8. The van der Waals surface area contributed by atoms with Crippen molar-refractivity contribution in [2.45, 2.75) is 18.3 Å². The molecule has 0 radical (unpaired) electrons. The number of rotatable bonds is 6. The summed E-state index contributed by atoms with van der Waals surface area (Å²) in [7, 11) is 0. The highest BCUT2D eigenvalue weighted by atomic mass is 35.5. The minimum atomic E-state index is -5.14. The Labute approximate surface area is 208 Å². The zero-order chi connectivity index (χ0) is 26.7. The second kappa shape index (κ2) is 10.7. The van der Waals surface area contributed by atoms with Gasteiger partial charge >= 0.3 is 12.4 Å². The summed E-state index contributed by atoms with van der Waals surface area (Å²) in [6, 6.07) is 6.05. The Morgan fingerprint density at radius 1 is 0.944 bits per heavy atom. The lowest BCUT2D eigenvalue weighted by atomic mass is 9.95. The molecule has 3 aromatic rings. The predicted molar refractivity (Wildman–Crippen MR) is 119 cm³/mol. The molecule has 0 aliphatic rings. The fourth-order valence-corrected chi connectivity index (χ4v) is 3.59. The molecule has 1 unspecified atom stereocenters. The summed E-state index contributed by atoms with van der Waals surface area (Å²) in [5.74, 6) is -5.57. The second-order valence-electron chi connectivity index (χ2n) is 7.15. The number of benzene rings is 2. The van der Waals surface area contributed by atoms with Crippen molar-refractivity contribution in [1.29, 1.82) is 0 Å². The first-order valence-corrected chi connectivity index (χ1v) is 10.5. The molecule has 14 heteroatoms. The van der Waals surface area contributed by atoms with Gasteiger partial charge in [0.25, 0.3) is 5.91 Å². The summed E-state index contributed by atoms with van der Waals surface area (Å²) >= 11 is 11.5. The molecule has 1 heterocycles. The Hall–Kier alpha value is -3.38. The van der Waals surface area contributed by atoms with Gasteiger partial charge in [-0.15, -0.1) is 0 Å². The fraction of sp³-hybridized carbons (Fsp3) is 0.136. The highest BCUT2D eigenvalue weighted by Gasteiger charge is 2.40. The fourth-order valence-electron chi connectivity index (χ4n) is 3.05. The molecular weight excluding hydrogens is 540 g/mol. The first kappa shape index (κ1) is 27.2. The number of nitrogens with zero attached hydrogens (tertiary/aromatic N) is 2. The van der Waals surface area contributed by atoms with Gasteiger partial charge in [-0.05, 0) is 48.0 Å². The van der Waals surface area contributed by atoms with Crippen LogP contribution in [0, 0.1) is 0 Å². The smallest absolute Gasteiger partial charge is 0.267 e. The average Bonchev–Trinajstić information content (AvgIpc) is 2.79. The molecule has 1 atom stereocenters. The summed E-state index contributed by atoms with van der Waals surface area (Å²) in [5.41, 5.74) is 0.325. The van der Waals surface area contributed by atoms with Crippen LogP contribution in [0.25, 0.3) is 5.83 Å². The number of allylic oxidation sites excluding steroid dienone is 1. The molecule has 190 valence electrons. The van der Waals surface area contributed by atoms with E-state index in [4.69, 9.17) is 23.2 Å². The van der Waals surface area contributed by atoms with Crippen LogP contribution < -0.4 is 10.9 Å². The Morgan fingerprint density at radius 3 is 2.11 bits per heavy atom. The van der Waals surface area contributed by atoms with Gasteiger partial charge in [-0.3, -0.25) is 15.6 Å². The Bertz CT molecular complexity index is 1260. The number of halogens is 9. The van der Waals surface area contributed by atoms with E-state index in [9.17, 15) is 35.5 Å². The van der Waals surface area contributed by atoms with Crippen molar-refractivity contribution >= 4 is 40.9 Å². The predicted octanol–water partition coefficient (Wildman–Crippen LogP) is 7.22. The Morgan fingerprint density at radius 2 is 1.56 bits per heavy atom. The summed E-state index contributed by atoms with van der Waals surface area (Å²) in [5, 5.41) is -0.297. The van der Waals surface area contributed by atoms with Crippen LogP contribution in [0.15, 0.2) is 60.9 Å². The van der Waals surface area contributed by atoms with Crippen molar-refractivity contribution in [3.05, 3.63) is 93.2 Å². The van der Waals surface area contributed by atoms with E-state index in [1.807, 2.05) is 5.43 Å². The molecule has 0 spiro atoms. The van der Waals surface area contributed by atoms with Crippen molar-refractivity contribution in [1.82, 2.24) is 15.4 Å². The number of carbonyl (C=O) groups excluding carboxylic acids is 1. The molecule has 0 fully saturated rings. The number of hydrazine groups is 1.